The number of fused-ring (bicyclic) bond motifs is 1. The van der Waals surface area contributed by atoms with Crippen LogP contribution in [0.1, 0.15) is 34.3 Å². The minimum absolute atomic E-state index is 0.00449. The van der Waals surface area contributed by atoms with Crippen LogP contribution in [0.15, 0.2) is 36.4 Å². The summed E-state index contributed by atoms with van der Waals surface area (Å²) in [5.74, 6) is 0.0382. The summed E-state index contributed by atoms with van der Waals surface area (Å²) in [5.41, 5.74) is 5.68. The third-order valence-corrected chi connectivity index (χ3v) is 4.53. The molecule has 1 aliphatic heterocycles. The van der Waals surface area contributed by atoms with Crippen molar-refractivity contribution in [1.29, 1.82) is 0 Å². The first kappa shape index (κ1) is 14.0. The SMILES string of the molecule is Cc1c(C(=O)NC2CC2)cccc1-c1ccc2c(c1)CC(=O)N2. The van der Waals surface area contributed by atoms with E-state index in [-0.39, 0.29) is 11.8 Å². The standard InChI is InChI=1S/C19H18N2O2/c1-11-15(3-2-4-16(11)19(23)20-14-6-7-14)12-5-8-17-13(9-12)10-18(22)21-17/h2-5,8-9,14H,6-7,10H2,1H3,(H,20,23)(H,21,22). The molecule has 0 unspecified atom stereocenters. The van der Waals surface area contributed by atoms with Gasteiger partial charge in [0, 0.05) is 17.3 Å². The van der Waals surface area contributed by atoms with Crippen molar-refractivity contribution in [2.45, 2.75) is 32.2 Å². The molecular formula is C19H18N2O2. The van der Waals surface area contributed by atoms with Crippen LogP contribution in [0.25, 0.3) is 11.1 Å². The van der Waals surface area contributed by atoms with Gasteiger partial charge < -0.3 is 10.6 Å². The van der Waals surface area contributed by atoms with Crippen LogP contribution in [-0.2, 0) is 11.2 Å². The maximum Gasteiger partial charge on any atom is 0.251 e. The molecule has 0 atom stereocenters. The van der Waals surface area contributed by atoms with E-state index in [0.717, 1.165) is 46.3 Å². The zero-order valence-corrected chi connectivity index (χ0v) is 13.0. The summed E-state index contributed by atoms with van der Waals surface area (Å²) >= 11 is 0. The van der Waals surface area contributed by atoms with Crippen LogP contribution in [0.4, 0.5) is 5.69 Å². The Morgan fingerprint density at radius 3 is 2.83 bits per heavy atom. The average Bonchev–Trinajstić information content (AvgIpc) is 3.25. The van der Waals surface area contributed by atoms with Crippen LogP contribution < -0.4 is 10.6 Å². The topological polar surface area (TPSA) is 58.2 Å². The van der Waals surface area contributed by atoms with Crippen molar-refractivity contribution in [3.8, 4) is 11.1 Å². The molecule has 0 radical (unpaired) electrons. The number of benzene rings is 2. The number of carbonyl (C=O) groups is 2. The summed E-state index contributed by atoms with van der Waals surface area (Å²) in [7, 11) is 0. The molecule has 4 heteroatoms. The maximum atomic E-state index is 12.4. The van der Waals surface area contributed by atoms with Gasteiger partial charge in [0.2, 0.25) is 5.91 Å². The molecule has 4 rings (SSSR count). The molecule has 116 valence electrons. The van der Waals surface area contributed by atoms with E-state index in [2.05, 4.69) is 10.6 Å². The Labute approximate surface area is 134 Å². The summed E-state index contributed by atoms with van der Waals surface area (Å²) in [6.45, 7) is 1.98. The number of rotatable bonds is 3. The predicted octanol–water partition coefficient (Wildman–Crippen LogP) is 3.05. The van der Waals surface area contributed by atoms with Gasteiger partial charge >= 0.3 is 0 Å². The van der Waals surface area contributed by atoms with Gasteiger partial charge in [-0.05, 0) is 60.2 Å². The van der Waals surface area contributed by atoms with Gasteiger partial charge in [-0.15, -0.1) is 0 Å². The summed E-state index contributed by atoms with van der Waals surface area (Å²) in [4.78, 5) is 23.9. The van der Waals surface area contributed by atoms with Gasteiger partial charge in [0.1, 0.15) is 0 Å². The molecule has 2 aromatic rings. The number of nitrogens with one attached hydrogen (secondary N) is 2. The van der Waals surface area contributed by atoms with Crippen LogP contribution in [0.2, 0.25) is 0 Å². The fourth-order valence-corrected chi connectivity index (χ4v) is 3.08. The number of carbonyl (C=O) groups excluding carboxylic acids is 2. The Morgan fingerprint density at radius 1 is 1.22 bits per heavy atom. The quantitative estimate of drug-likeness (QED) is 0.915. The molecule has 2 N–H and O–H groups in total. The van der Waals surface area contributed by atoms with E-state index >= 15 is 0 Å². The highest BCUT2D eigenvalue weighted by atomic mass is 16.2. The van der Waals surface area contributed by atoms with Gasteiger partial charge in [-0.2, -0.15) is 0 Å². The predicted molar refractivity (Wildman–Crippen MR) is 89.4 cm³/mol. The fraction of sp³-hybridized carbons (Fsp3) is 0.263. The molecule has 2 aliphatic rings. The first-order chi connectivity index (χ1) is 11.1. The monoisotopic (exact) mass is 306 g/mol. The van der Waals surface area contributed by atoms with Gasteiger partial charge in [-0.1, -0.05) is 18.2 Å². The Hall–Kier alpha value is -2.62. The molecular weight excluding hydrogens is 288 g/mol. The lowest BCUT2D eigenvalue weighted by Crippen LogP contribution is -2.26. The minimum Gasteiger partial charge on any atom is -0.349 e. The van der Waals surface area contributed by atoms with E-state index in [0.29, 0.717) is 12.5 Å². The van der Waals surface area contributed by atoms with E-state index in [4.69, 9.17) is 0 Å². The van der Waals surface area contributed by atoms with Crippen molar-refractivity contribution in [1.82, 2.24) is 5.32 Å². The second-order valence-corrected chi connectivity index (χ2v) is 6.32. The van der Waals surface area contributed by atoms with E-state index in [9.17, 15) is 9.59 Å². The first-order valence-corrected chi connectivity index (χ1v) is 7.95. The van der Waals surface area contributed by atoms with E-state index in [1.165, 1.54) is 0 Å². The third-order valence-electron chi connectivity index (χ3n) is 4.53. The van der Waals surface area contributed by atoms with Gasteiger partial charge in [0.15, 0.2) is 0 Å². The smallest absolute Gasteiger partial charge is 0.251 e. The van der Waals surface area contributed by atoms with Gasteiger partial charge in [-0.25, -0.2) is 0 Å². The molecule has 23 heavy (non-hydrogen) atoms. The summed E-state index contributed by atoms with van der Waals surface area (Å²) < 4.78 is 0. The lowest BCUT2D eigenvalue weighted by molar-refractivity contribution is -0.115. The molecule has 1 fully saturated rings. The lowest BCUT2D eigenvalue weighted by Gasteiger charge is -2.12. The lowest BCUT2D eigenvalue weighted by atomic mass is 9.94. The number of amides is 2. The Balaban J connectivity index is 1.70. The molecule has 0 saturated heterocycles. The zero-order chi connectivity index (χ0) is 16.0. The maximum absolute atomic E-state index is 12.4. The minimum atomic E-state index is 0.00449. The van der Waals surface area contributed by atoms with Gasteiger partial charge in [-0.3, -0.25) is 9.59 Å². The van der Waals surface area contributed by atoms with E-state index in [1.54, 1.807) is 0 Å². The summed E-state index contributed by atoms with van der Waals surface area (Å²) in [6.07, 6.45) is 2.58. The van der Waals surface area contributed by atoms with Crippen molar-refractivity contribution >= 4 is 17.5 Å². The van der Waals surface area contributed by atoms with Crippen molar-refractivity contribution in [2.75, 3.05) is 5.32 Å². The Morgan fingerprint density at radius 2 is 2.04 bits per heavy atom. The van der Waals surface area contributed by atoms with Crippen molar-refractivity contribution in [3.05, 3.63) is 53.1 Å². The largest absolute Gasteiger partial charge is 0.349 e. The Bertz CT molecular complexity index is 822. The van der Waals surface area contributed by atoms with Crippen LogP contribution in [0, 0.1) is 6.92 Å². The molecule has 1 heterocycles. The fourth-order valence-electron chi connectivity index (χ4n) is 3.08. The molecule has 0 spiro atoms. The average molecular weight is 306 g/mol. The highest BCUT2D eigenvalue weighted by Crippen LogP contribution is 2.32. The Kier molecular flexibility index (Phi) is 3.18. The zero-order valence-electron chi connectivity index (χ0n) is 13.0. The van der Waals surface area contributed by atoms with Crippen LogP contribution in [0.3, 0.4) is 0 Å². The number of hydrogen-bond acceptors (Lipinski definition) is 2. The second-order valence-electron chi connectivity index (χ2n) is 6.32. The van der Waals surface area contributed by atoms with Gasteiger partial charge in [0.05, 0.1) is 6.42 Å². The normalized spacial score (nSPS) is 16.0. The molecule has 0 aromatic heterocycles. The van der Waals surface area contributed by atoms with Crippen molar-refractivity contribution < 1.29 is 9.59 Å². The molecule has 1 saturated carbocycles. The number of anilines is 1. The number of hydrogen-bond donors (Lipinski definition) is 2. The van der Waals surface area contributed by atoms with Crippen LogP contribution in [-0.4, -0.2) is 17.9 Å². The van der Waals surface area contributed by atoms with E-state index < -0.39 is 0 Å². The molecule has 2 amide bonds. The molecule has 1 aliphatic carbocycles. The van der Waals surface area contributed by atoms with E-state index in [1.807, 2.05) is 43.3 Å². The third kappa shape index (κ3) is 2.61. The molecule has 0 bridgehead atoms. The van der Waals surface area contributed by atoms with Crippen molar-refractivity contribution in [2.24, 2.45) is 0 Å². The first-order valence-electron chi connectivity index (χ1n) is 7.95. The second kappa shape index (κ2) is 5.23. The molecule has 4 nitrogen and oxygen atoms in total. The van der Waals surface area contributed by atoms with Crippen LogP contribution in [0.5, 0.6) is 0 Å². The molecule has 2 aromatic carbocycles. The highest BCUT2D eigenvalue weighted by Gasteiger charge is 2.25. The highest BCUT2D eigenvalue weighted by molar-refractivity contribution is 6.00. The van der Waals surface area contributed by atoms with Crippen molar-refractivity contribution in [3.63, 3.8) is 0 Å². The summed E-state index contributed by atoms with van der Waals surface area (Å²) in [6, 6.07) is 12.1. The van der Waals surface area contributed by atoms with Gasteiger partial charge in [0.25, 0.3) is 5.91 Å². The summed E-state index contributed by atoms with van der Waals surface area (Å²) in [5, 5.41) is 5.89. The van der Waals surface area contributed by atoms with Crippen LogP contribution >= 0.6 is 0 Å².